The quantitative estimate of drug-likeness (QED) is 0.0311. The normalized spacial score (nSPS) is 18.5. The number of halogens is 17. The molecular formula is C77H85F17O7S3. The molecule has 0 atom stereocenters. The highest BCUT2D eigenvalue weighted by molar-refractivity contribution is 7.99. The Kier molecular flexibility index (Phi) is 31.6. The molecule has 27 heteroatoms. The van der Waals surface area contributed by atoms with E-state index in [9.17, 15) is 66.7 Å². The van der Waals surface area contributed by atoms with Gasteiger partial charge in [0.1, 0.15) is 5.82 Å². The lowest BCUT2D eigenvalue weighted by Gasteiger charge is -2.29. The van der Waals surface area contributed by atoms with Crippen LogP contribution in [0.3, 0.4) is 0 Å². The van der Waals surface area contributed by atoms with Crippen LogP contribution in [0.2, 0.25) is 0 Å². The van der Waals surface area contributed by atoms with Crippen LogP contribution in [0, 0.1) is 71.2 Å². The summed E-state index contributed by atoms with van der Waals surface area (Å²) in [6.45, 7) is 11.6. The second-order valence-corrected chi connectivity index (χ2v) is 28.6. The number of hydrogen-bond acceptors (Lipinski definition) is 10. The van der Waals surface area contributed by atoms with Crippen molar-refractivity contribution in [2.45, 2.75) is 212 Å². The number of fused-ring (bicyclic) bond motifs is 3. The lowest BCUT2D eigenvalue weighted by Crippen LogP contribution is -2.18. The van der Waals surface area contributed by atoms with Gasteiger partial charge in [-0.2, -0.15) is 12.6 Å². The molecule has 0 amide bonds. The van der Waals surface area contributed by atoms with Gasteiger partial charge < -0.3 is 23.7 Å². The zero-order valence-corrected chi connectivity index (χ0v) is 60.9. The van der Waals surface area contributed by atoms with Crippen LogP contribution in [0.25, 0.3) is 42.4 Å². The fourth-order valence-electron chi connectivity index (χ4n) is 14.1. The summed E-state index contributed by atoms with van der Waals surface area (Å²) in [4.78, 5) is 21.7. The molecule has 0 saturated heterocycles. The first-order chi connectivity index (χ1) is 49.3. The second-order valence-electron chi connectivity index (χ2n) is 26.0. The minimum absolute atomic E-state index is 0.0170. The second kappa shape index (κ2) is 38.8. The Labute approximate surface area is 608 Å². The molecule has 10 rings (SSSR count). The van der Waals surface area contributed by atoms with Crippen LogP contribution in [-0.2, 0) is 19.1 Å². The average Bonchev–Trinajstić information content (AvgIpc) is 1.68. The van der Waals surface area contributed by atoms with Gasteiger partial charge >= 0.3 is 31.0 Å². The van der Waals surface area contributed by atoms with Crippen LogP contribution in [0.4, 0.5) is 74.6 Å². The molecule has 3 fully saturated rings. The van der Waals surface area contributed by atoms with E-state index in [2.05, 4.69) is 52.3 Å². The third kappa shape index (κ3) is 23.0. The van der Waals surface area contributed by atoms with Gasteiger partial charge in [-0.25, -0.2) is 35.1 Å². The third-order valence-corrected chi connectivity index (χ3v) is 21.5. The van der Waals surface area contributed by atoms with Crippen LogP contribution < -0.4 is 14.2 Å². The standard InChI is InChI=1S/C27H30F6O3S.C23H24F6O.C22H21F5OS.C5H10O2S/c1-3-5-16-6-8-17(9-7-16)18-10-11-19(24(29)23(18)28)20-12-13-21(36-27(31,32)33)25(30)26(20)37-15-14-22(34)35-4-2;1-3-4-14-5-7-15(8-6-14)17-9-10-18(22(26)21(17)25)16-11-12-19(20(24)13(16)2)30-23(27,28)29;1-2-3-12-4-6-13(7-5-12)14-8-9-15-16-10-11-17(28-22(25,26)27)19(24)21(16)29-20(15)18(14)23;1-2-7-5(6)3-4-8/h10-13,16-17H,3-9,14-15H2,1-2H3;9-12,14-15H,3-8H2,1-2H3;8-13H,2-7H2,1H3;8H,2-4H2,1H3. The molecule has 0 N–H and O–H groups in total. The van der Waals surface area contributed by atoms with Crippen LogP contribution >= 0.6 is 35.7 Å². The molecule has 1 heterocycles. The van der Waals surface area contributed by atoms with E-state index in [1.54, 1.807) is 26.0 Å². The Morgan fingerprint density at radius 3 is 1.18 bits per heavy atom. The first kappa shape index (κ1) is 84.6. The van der Waals surface area contributed by atoms with E-state index in [4.69, 9.17) is 4.74 Å². The monoisotopic (exact) mass is 1540 g/mol. The molecule has 3 aliphatic carbocycles. The molecule has 3 aliphatic rings. The van der Waals surface area contributed by atoms with E-state index >= 15 is 17.6 Å². The van der Waals surface area contributed by atoms with E-state index in [0.717, 1.165) is 151 Å². The fourth-order valence-corrected chi connectivity index (χ4v) is 16.5. The maximum Gasteiger partial charge on any atom is 0.573 e. The molecule has 0 aliphatic heterocycles. The molecule has 0 spiro atoms. The first-order valence-corrected chi connectivity index (χ1v) is 37.4. The van der Waals surface area contributed by atoms with Crippen molar-refractivity contribution < 1.29 is 108 Å². The summed E-state index contributed by atoms with van der Waals surface area (Å²) in [7, 11) is 0. The maximum absolute atomic E-state index is 15.3. The summed E-state index contributed by atoms with van der Waals surface area (Å²) in [5.74, 6) is -9.81. The van der Waals surface area contributed by atoms with E-state index < -0.39 is 83.0 Å². The van der Waals surface area contributed by atoms with Gasteiger partial charge in [-0.1, -0.05) is 102 Å². The Hall–Kier alpha value is -6.61. The third-order valence-electron chi connectivity index (χ3n) is 19.0. The van der Waals surface area contributed by atoms with Crippen molar-refractivity contribution in [3.63, 3.8) is 0 Å². The Morgan fingerprint density at radius 2 is 0.769 bits per heavy atom. The SMILES string of the molecule is CCCC1CCC(c2ccc(-c3ccc(OC(F)(F)F)c(F)c3C)c(F)c2F)CC1.CCCC1CCC(c2ccc(-c3ccc(OC(F)(F)F)c(F)c3SCCC(=O)OCC)c(F)c2F)CC1.CCCC1CCC(c2ccc3c(sc4c(F)c(OC(F)(F)F)ccc43)c2F)CC1.CCOC(=O)CCS. The molecule has 0 bridgehead atoms. The number of benzene rings is 6. The Morgan fingerprint density at radius 1 is 0.423 bits per heavy atom. The van der Waals surface area contributed by atoms with Crippen molar-refractivity contribution in [2.24, 2.45) is 17.8 Å². The molecule has 0 radical (unpaired) electrons. The van der Waals surface area contributed by atoms with Crippen LogP contribution in [-0.4, -0.2) is 55.7 Å². The number of carbonyl (C=O) groups excluding carboxylic acids is 2. The molecule has 572 valence electrons. The number of hydrogen-bond donors (Lipinski definition) is 1. The highest BCUT2D eigenvalue weighted by Gasteiger charge is 2.37. The van der Waals surface area contributed by atoms with Crippen LogP contribution in [0.5, 0.6) is 17.2 Å². The van der Waals surface area contributed by atoms with Gasteiger partial charge in [0.15, 0.2) is 58.0 Å². The number of alkyl halides is 9. The van der Waals surface area contributed by atoms with Gasteiger partial charge in [-0.3, -0.25) is 9.59 Å². The number of rotatable bonds is 22. The van der Waals surface area contributed by atoms with E-state index in [1.165, 1.54) is 43.7 Å². The van der Waals surface area contributed by atoms with Gasteiger partial charge in [0, 0.05) is 39.0 Å². The number of thioether (sulfide) groups is 1. The summed E-state index contributed by atoms with van der Waals surface area (Å²) in [5, 5.41) is 0.914. The summed E-state index contributed by atoms with van der Waals surface area (Å²) in [6.07, 6.45) is 2.78. The number of esters is 2. The van der Waals surface area contributed by atoms with Crippen molar-refractivity contribution >= 4 is 67.8 Å². The minimum Gasteiger partial charge on any atom is -0.466 e. The summed E-state index contributed by atoms with van der Waals surface area (Å²) >= 11 is 5.40. The zero-order chi connectivity index (χ0) is 76.4. The first-order valence-electron chi connectivity index (χ1n) is 35.0. The smallest absolute Gasteiger partial charge is 0.466 e. The van der Waals surface area contributed by atoms with E-state index in [0.29, 0.717) is 70.2 Å². The number of thiophene rings is 1. The topological polar surface area (TPSA) is 80.3 Å². The summed E-state index contributed by atoms with van der Waals surface area (Å²) in [6, 6.07) is 15.2. The van der Waals surface area contributed by atoms with E-state index in [1.807, 2.05) is 0 Å². The molecule has 1 aromatic heterocycles. The predicted molar refractivity (Wildman–Crippen MR) is 373 cm³/mol. The van der Waals surface area contributed by atoms with Crippen molar-refractivity contribution in [2.75, 3.05) is 24.7 Å². The molecule has 7 nitrogen and oxygen atoms in total. The maximum atomic E-state index is 15.3. The molecule has 6 aromatic carbocycles. The van der Waals surface area contributed by atoms with Crippen molar-refractivity contribution in [1.82, 2.24) is 0 Å². The Balaban J connectivity index is 0.000000208. The molecule has 7 aromatic rings. The van der Waals surface area contributed by atoms with Crippen LogP contribution in [0.1, 0.15) is 203 Å². The van der Waals surface area contributed by atoms with Crippen molar-refractivity contribution in [3.05, 3.63) is 142 Å². The largest absolute Gasteiger partial charge is 0.573 e. The number of thiol groups is 1. The number of carbonyl (C=O) groups is 2. The highest BCUT2D eigenvalue weighted by atomic mass is 32.2. The van der Waals surface area contributed by atoms with Gasteiger partial charge in [0.2, 0.25) is 0 Å². The molecular weight excluding hydrogens is 1460 g/mol. The van der Waals surface area contributed by atoms with E-state index in [-0.39, 0.29) is 96.0 Å². The molecule has 3 saturated carbocycles. The van der Waals surface area contributed by atoms with Crippen molar-refractivity contribution in [1.29, 1.82) is 0 Å². The molecule has 0 unspecified atom stereocenters. The summed E-state index contributed by atoms with van der Waals surface area (Å²) < 4.78 is 253. The van der Waals surface area contributed by atoms with Crippen molar-refractivity contribution in [3.8, 4) is 39.5 Å². The highest BCUT2D eigenvalue weighted by Crippen LogP contribution is 2.48. The molecule has 104 heavy (non-hydrogen) atoms. The Bertz CT molecular complexity index is 3970. The summed E-state index contributed by atoms with van der Waals surface area (Å²) in [5.41, 5.74) is 0.329. The zero-order valence-electron chi connectivity index (χ0n) is 58.4. The number of ether oxygens (including phenoxy) is 5. The van der Waals surface area contributed by atoms with Gasteiger partial charge in [0.05, 0.1) is 40.4 Å². The average molecular weight is 1540 g/mol. The lowest BCUT2D eigenvalue weighted by molar-refractivity contribution is -0.276. The lowest BCUT2D eigenvalue weighted by atomic mass is 9.77. The van der Waals surface area contributed by atoms with Gasteiger partial charge in [0.25, 0.3) is 0 Å². The minimum atomic E-state index is -5.15. The van der Waals surface area contributed by atoms with Crippen LogP contribution in [0.15, 0.2) is 77.7 Å². The predicted octanol–water partition coefficient (Wildman–Crippen LogP) is 26.0. The van der Waals surface area contributed by atoms with Gasteiger partial charge in [-0.15, -0.1) is 62.6 Å². The van der Waals surface area contributed by atoms with Gasteiger partial charge in [-0.05, 0) is 191 Å². The fraction of sp³-hybridized carbons (Fsp3) is 0.506.